The lowest BCUT2D eigenvalue weighted by Crippen LogP contribution is -2.61. The van der Waals surface area contributed by atoms with Crippen molar-refractivity contribution in [1.82, 2.24) is 4.90 Å². The maximum atomic E-state index is 14.5. The van der Waals surface area contributed by atoms with Gasteiger partial charge in [-0.15, -0.1) is 0 Å². The molecule has 3 N–H and O–H groups in total. The molecule has 17 heteroatoms. The summed E-state index contributed by atoms with van der Waals surface area (Å²) in [5.74, 6) is -8.58. The van der Waals surface area contributed by atoms with Crippen molar-refractivity contribution in [3.05, 3.63) is 64.2 Å². The number of aryl methyl sites for hydroxylation is 1. The van der Waals surface area contributed by atoms with Crippen LogP contribution in [0.5, 0.6) is 0 Å². The number of amides is 1. The van der Waals surface area contributed by atoms with E-state index < -0.39 is 90.0 Å². The number of rotatable bonds is 7. The van der Waals surface area contributed by atoms with Gasteiger partial charge in [0, 0.05) is 63.5 Å². The molecule has 17 unspecified atom stereocenters. The number of benzene rings is 1. The SMILES string of the molecule is COC1CC2CCC(C)C(O)(O2)C(=O)C(=O)N2CCCCC2C(=O)OC(C(C)CC2CCC(O)C(OC)C2)CC(=O)C(C)/C=C(\C)C(O)C(OC)C(=O)C(C)CC(C)C2C=CC(/C=C/1C)ON2c1ccc(Cl)c(C)c1. The van der Waals surface area contributed by atoms with Crippen molar-refractivity contribution in [3.63, 3.8) is 0 Å². The number of anilines is 1. The second-order valence-electron chi connectivity index (χ2n) is 22.5. The van der Waals surface area contributed by atoms with Gasteiger partial charge in [0.25, 0.3) is 11.7 Å². The molecule has 7 rings (SSSR count). The molecule has 418 valence electrons. The van der Waals surface area contributed by atoms with Gasteiger partial charge in [-0.2, -0.15) is 0 Å². The minimum atomic E-state index is -2.49. The lowest BCUT2D eigenvalue weighted by molar-refractivity contribution is -0.265. The first-order valence-electron chi connectivity index (χ1n) is 27.3. The molecule has 0 spiro atoms. The van der Waals surface area contributed by atoms with Crippen LogP contribution in [0.3, 0.4) is 0 Å². The average molecular weight is 1070 g/mol. The van der Waals surface area contributed by atoms with Crippen LogP contribution in [0.15, 0.2) is 53.6 Å². The third-order valence-electron chi connectivity index (χ3n) is 16.9. The lowest BCUT2D eigenvalue weighted by Gasteiger charge is -2.43. The van der Waals surface area contributed by atoms with Crippen LogP contribution in [0, 0.1) is 42.4 Å². The van der Waals surface area contributed by atoms with Gasteiger partial charge in [0.2, 0.25) is 5.79 Å². The maximum Gasteiger partial charge on any atom is 0.329 e. The van der Waals surface area contributed by atoms with E-state index in [0.29, 0.717) is 68.4 Å². The molecule has 75 heavy (non-hydrogen) atoms. The van der Waals surface area contributed by atoms with Crippen molar-refractivity contribution in [2.75, 3.05) is 32.9 Å². The number of hydrogen-bond donors (Lipinski definition) is 3. The summed E-state index contributed by atoms with van der Waals surface area (Å²) in [6.07, 6.45) is 6.19. The first-order chi connectivity index (χ1) is 35.5. The number of ether oxygens (including phenoxy) is 5. The normalized spacial score (nSPS) is 38.5. The number of hydrogen-bond acceptors (Lipinski definition) is 15. The summed E-state index contributed by atoms with van der Waals surface area (Å²) in [4.78, 5) is 79.9. The molecular weight excluding hydrogens is 984 g/mol. The molecule has 1 saturated carbocycles. The predicted octanol–water partition coefficient (Wildman–Crippen LogP) is 7.78. The zero-order valence-corrected chi connectivity index (χ0v) is 46.8. The predicted molar refractivity (Wildman–Crippen MR) is 283 cm³/mol. The van der Waals surface area contributed by atoms with E-state index in [-0.39, 0.29) is 67.3 Å². The number of fused-ring (bicyclic) bond motifs is 16. The van der Waals surface area contributed by atoms with Crippen LogP contribution >= 0.6 is 11.6 Å². The summed E-state index contributed by atoms with van der Waals surface area (Å²) >= 11 is 6.49. The Morgan fingerprint density at radius 2 is 1.59 bits per heavy atom. The fourth-order valence-electron chi connectivity index (χ4n) is 12.0. The van der Waals surface area contributed by atoms with Crippen LogP contribution in [0.25, 0.3) is 0 Å². The van der Waals surface area contributed by atoms with Gasteiger partial charge in [-0.1, -0.05) is 64.4 Å². The zero-order chi connectivity index (χ0) is 55.1. The molecule has 1 aromatic carbocycles. The Hall–Kier alpha value is -3.84. The van der Waals surface area contributed by atoms with E-state index in [9.17, 15) is 39.3 Å². The minimum Gasteiger partial charge on any atom is -0.460 e. The van der Waals surface area contributed by atoms with Crippen LogP contribution < -0.4 is 5.06 Å². The molecule has 4 bridgehead atoms. The zero-order valence-electron chi connectivity index (χ0n) is 46.1. The number of ketones is 3. The summed E-state index contributed by atoms with van der Waals surface area (Å²) in [6.45, 7) is 14.6. The minimum absolute atomic E-state index is 0.0650. The highest BCUT2D eigenvalue weighted by Gasteiger charge is 2.53. The number of esters is 1. The Morgan fingerprint density at radius 1 is 0.853 bits per heavy atom. The van der Waals surface area contributed by atoms with Gasteiger partial charge in [-0.05, 0) is 144 Å². The van der Waals surface area contributed by atoms with Crippen molar-refractivity contribution in [2.45, 2.75) is 199 Å². The third kappa shape index (κ3) is 14.5. The van der Waals surface area contributed by atoms with Crippen LogP contribution in [0.2, 0.25) is 5.02 Å². The van der Waals surface area contributed by atoms with Crippen LogP contribution in [0.1, 0.15) is 131 Å². The molecule has 0 aromatic heterocycles. The van der Waals surface area contributed by atoms with Gasteiger partial charge in [0.1, 0.15) is 36.2 Å². The first-order valence-corrected chi connectivity index (χ1v) is 27.6. The number of Topliss-reactive ketones (excluding diaryl/α,β-unsaturated/α-hetero) is 3. The Bertz CT molecular complexity index is 2270. The number of hydroxylamine groups is 1. The highest BCUT2D eigenvalue weighted by atomic mass is 35.5. The van der Waals surface area contributed by atoms with Crippen molar-refractivity contribution >= 4 is 46.5 Å². The van der Waals surface area contributed by atoms with Crippen molar-refractivity contribution in [3.8, 4) is 0 Å². The van der Waals surface area contributed by atoms with E-state index >= 15 is 0 Å². The molecule has 1 amide bonds. The van der Waals surface area contributed by atoms with Gasteiger partial charge in [-0.3, -0.25) is 24.0 Å². The molecule has 1 aromatic rings. The van der Waals surface area contributed by atoms with Gasteiger partial charge in [0.15, 0.2) is 5.78 Å². The number of nitrogens with zero attached hydrogens (tertiary/aromatic N) is 2. The molecule has 17 atom stereocenters. The summed E-state index contributed by atoms with van der Waals surface area (Å²) < 4.78 is 29.9. The summed E-state index contributed by atoms with van der Waals surface area (Å²) in [5.41, 5.74) is 2.76. The quantitative estimate of drug-likeness (QED) is 0.135. The van der Waals surface area contributed by atoms with E-state index in [0.717, 1.165) is 16.8 Å². The van der Waals surface area contributed by atoms with Crippen molar-refractivity contribution < 1.29 is 67.8 Å². The molecule has 16 nitrogen and oxygen atoms in total. The average Bonchev–Trinajstić information content (AvgIpc) is 3.39. The molecule has 0 radical (unpaired) electrons. The second-order valence-corrected chi connectivity index (χ2v) is 22.9. The first kappa shape index (κ1) is 60.4. The number of allylic oxidation sites excluding steroid dienone is 1. The smallest absolute Gasteiger partial charge is 0.329 e. The van der Waals surface area contributed by atoms with Gasteiger partial charge < -0.3 is 43.9 Å². The second kappa shape index (κ2) is 26.7. The Labute approximate surface area is 449 Å². The molecule has 5 aliphatic heterocycles. The lowest BCUT2D eigenvalue weighted by atomic mass is 9.78. The number of carbonyl (C=O) groups excluding carboxylic acids is 5. The molecule has 5 heterocycles. The number of halogens is 1. The van der Waals surface area contributed by atoms with Crippen molar-refractivity contribution in [1.29, 1.82) is 0 Å². The number of piperidine rings is 1. The van der Waals surface area contributed by atoms with Gasteiger partial charge in [-0.25, -0.2) is 9.86 Å². The van der Waals surface area contributed by atoms with Crippen LogP contribution in [-0.2, 0) is 52.5 Å². The molecule has 1 aliphatic carbocycles. The highest BCUT2D eigenvalue weighted by molar-refractivity contribution is 6.39. The van der Waals surface area contributed by atoms with E-state index in [4.69, 9.17) is 40.1 Å². The Morgan fingerprint density at radius 3 is 2.27 bits per heavy atom. The summed E-state index contributed by atoms with van der Waals surface area (Å²) in [5, 5.41) is 36.9. The summed E-state index contributed by atoms with van der Waals surface area (Å²) in [6, 6.07) is 4.13. The number of methoxy groups -OCH3 is 3. The molecule has 2 saturated heterocycles. The molecule has 6 aliphatic rings. The Kier molecular flexibility index (Phi) is 21.5. The molecular formula is C58H85ClN2O14. The highest BCUT2D eigenvalue weighted by Crippen LogP contribution is 2.39. The van der Waals surface area contributed by atoms with Gasteiger partial charge in [0.05, 0.1) is 36.1 Å². The fourth-order valence-corrected chi connectivity index (χ4v) is 12.1. The van der Waals surface area contributed by atoms with Crippen molar-refractivity contribution in [2.24, 2.45) is 35.5 Å². The summed E-state index contributed by atoms with van der Waals surface area (Å²) in [7, 11) is 4.51. The third-order valence-corrected chi connectivity index (χ3v) is 17.3. The number of aliphatic hydroxyl groups is 3. The fraction of sp³-hybridized carbons (Fsp3) is 0.707. The standard InChI is InChI=1S/C58H85ClN2O14/c1-32-27-41(17-20-44(32)59)61-45-21-19-43(75-61)28-36(5)49(70-9)30-42-18-15-39(8)58(69,74-42)55(66)56(67)60-23-13-12-14-46(60)57(68)73-50(35(4)26-40-16-22-47(62)51(29-40)71-10)31-48(63)34(3)25-38(7)53(65)54(72-11)52(64)37(6)24-33(45)2/h17,19-21,25,27-28,33-35,37,39-40,42-43,45-47,49-51,53-54,62,65,69H,12-16,18,22-24,26,29-31H2,1-11H3/b36-28+,38-25+. The number of aliphatic hydroxyl groups excluding tert-OH is 2. The largest absolute Gasteiger partial charge is 0.460 e. The topological polar surface area (TPSA) is 208 Å². The van der Waals surface area contributed by atoms with E-state index in [1.165, 1.54) is 12.0 Å². The van der Waals surface area contributed by atoms with E-state index in [1.807, 2.05) is 70.0 Å². The monoisotopic (exact) mass is 1070 g/mol. The molecule has 3 fully saturated rings. The number of carbonyl (C=O) groups is 5. The van der Waals surface area contributed by atoms with E-state index in [2.05, 4.69) is 6.08 Å². The van der Waals surface area contributed by atoms with Crippen LogP contribution in [-0.4, -0.2) is 144 Å². The van der Waals surface area contributed by atoms with Crippen LogP contribution in [0.4, 0.5) is 5.69 Å². The van der Waals surface area contributed by atoms with E-state index in [1.54, 1.807) is 41.1 Å². The van der Waals surface area contributed by atoms with Gasteiger partial charge >= 0.3 is 5.97 Å². The maximum absolute atomic E-state index is 14.5. The Balaban J connectivity index is 1.36.